The van der Waals surface area contributed by atoms with Crippen LogP contribution in [0.25, 0.3) is 0 Å². The summed E-state index contributed by atoms with van der Waals surface area (Å²) in [5, 5.41) is 0. The van der Waals surface area contributed by atoms with Crippen LogP contribution in [-0.4, -0.2) is 40.5 Å². The Labute approximate surface area is 183 Å². The van der Waals surface area contributed by atoms with Crippen molar-refractivity contribution in [3.05, 3.63) is 76.8 Å². The second kappa shape index (κ2) is 9.33. The third kappa shape index (κ3) is 4.79. The van der Waals surface area contributed by atoms with E-state index in [1.807, 2.05) is 43.1 Å². The van der Waals surface area contributed by atoms with Crippen molar-refractivity contribution in [2.24, 2.45) is 0 Å². The van der Waals surface area contributed by atoms with Crippen LogP contribution >= 0.6 is 0 Å². The van der Waals surface area contributed by atoms with Crippen molar-refractivity contribution in [1.82, 2.24) is 14.9 Å². The van der Waals surface area contributed by atoms with Gasteiger partial charge in [-0.1, -0.05) is 24.3 Å². The summed E-state index contributed by atoms with van der Waals surface area (Å²) in [7, 11) is 0. The highest BCUT2D eigenvalue weighted by molar-refractivity contribution is 5.92. The van der Waals surface area contributed by atoms with E-state index in [2.05, 4.69) is 23.2 Å². The summed E-state index contributed by atoms with van der Waals surface area (Å²) in [6.07, 6.45) is 4.71. The number of aromatic nitrogens is 2. The minimum atomic E-state index is -0.0769. The number of carbonyl (C=O) groups excluding carboxylic acids is 1. The highest BCUT2D eigenvalue weighted by Crippen LogP contribution is 2.28. The topological polar surface area (TPSA) is 68.5 Å². The minimum absolute atomic E-state index is 0.0769. The number of piperidine rings is 1. The summed E-state index contributed by atoms with van der Waals surface area (Å²) in [5.41, 5.74) is 3.99. The molecular weight excluding hydrogens is 390 g/mol. The van der Waals surface area contributed by atoms with Crippen LogP contribution in [0.5, 0.6) is 5.75 Å². The van der Waals surface area contributed by atoms with Crippen LogP contribution < -0.4 is 4.74 Å². The molecule has 162 valence electrons. The van der Waals surface area contributed by atoms with Crippen LogP contribution in [0.2, 0.25) is 0 Å². The molecule has 0 bridgehead atoms. The number of hydrogen-bond acceptors (Lipinski definition) is 5. The second-order valence-corrected chi connectivity index (χ2v) is 8.05. The van der Waals surface area contributed by atoms with Gasteiger partial charge in [0.15, 0.2) is 5.89 Å². The van der Waals surface area contributed by atoms with Crippen molar-refractivity contribution in [1.29, 1.82) is 0 Å². The van der Waals surface area contributed by atoms with Crippen molar-refractivity contribution < 1.29 is 13.9 Å². The molecule has 0 spiro atoms. The maximum atomic E-state index is 12.9. The van der Waals surface area contributed by atoms with Crippen LogP contribution in [-0.2, 0) is 6.42 Å². The molecule has 0 radical (unpaired) electrons. The van der Waals surface area contributed by atoms with E-state index in [1.54, 1.807) is 6.92 Å². The van der Waals surface area contributed by atoms with Gasteiger partial charge in [0.2, 0.25) is 5.76 Å². The zero-order chi connectivity index (χ0) is 21.8. The van der Waals surface area contributed by atoms with Gasteiger partial charge in [-0.25, -0.2) is 4.98 Å². The number of hydrogen-bond donors (Lipinski definition) is 0. The Bertz CT molecular complexity index is 1040. The zero-order valence-corrected chi connectivity index (χ0v) is 18.4. The Balaban J connectivity index is 1.44. The lowest BCUT2D eigenvalue weighted by atomic mass is 9.93. The van der Waals surface area contributed by atoms with Crippen LogP contribution in [0, 0.1) is 13.8 Å². The fourth-order valence-electron chi connectivity index (χ4n) is 4.22. The van der Waals surface area contributed by atoms with Crippen molar-refractivity contribution in [2.75, 3.05) is 19.7 Å². The maximum absolute atomic E-state index is 12.9. The highest BCUT2D eigenvalue weighted by atomic mass is 16.5. The summed E-state index contributed by atoms with van der Waals surface area (Å²) >= 11 is 0. The SMILES string of the molecule is CCOc1ccccc1Cc1ccc([C@H]2CCCN(C(=O)c3oc(C)nc3C)C2)nc1. The van der Waals surface area contributed by atoms with Gasteiger partial charge in [0.25, 0.3) is 5.91 Å². The summed E-state index contributed by atoms with van der Waals surface area (Å²) in [6, 6.07) is 12.4. The predicted octanol–water partition coefficient (Wildman–Crippen LogP) is 4.70. The van der Waals surface area contributed by atoms with E-state index in [0.717, 1.165) is 48.4 Å². The van der Waals surface area contributed by atoms with E-state index in [9.17, 15) is 4.79 Å². The van der Waals surface area contributed by atoms with E-state index in [0.29, 0.717) is 30.5 Å². The first-order valence-electron chi connectivity index (χ1n) is 10.9. The Hall–Kier alpha value is -3.15. The molecule has 1 atom stereocenters. The van der Waals surface area contributed by atoms with Gasteiger partial charge in [-0.3, -0.25) is 9.78 Å². The van der Waals surface area contributed by atoms with Crippen LogP contribution in [0.15, 0.2) is 47.0 Å². The number of oxazole rings is 1. The predicted molar refractivity (Wildman–Crippen MR) is 119 cm³/mol. The van der Waals surface area contributed by atoms with Crippen LogP contribution in [0.3, 0.4) is 0 Å². The summed E-state index contributed by atoms with van der Waals surface area (Å²) in [5.74, 6) is 1.96. The highest BCUT2D eigenvalue weighted by Gasteiger charge is 2.29. The Morgan fingerprint density at radius 2 is 2.06 bits per heavy atom. The van der Waals surface area contributed by atoms with E-state index in [4.69, 9.17) is 14.1 Å². The molecule has 31 heavy (non-hydrogen) atoms. The van der Waals surface area contributed by atoms with Gasteiger partial charge in [0, 0.05) is 44.2 Å². The number of benzene rings is 1. The molecule has 1 saturated heterocycles. The maximum Gasteiger partial charge on any atom is 0.291 e. The number of para-hydroxylation sites is 1. The Kier molecular flexibility index (Phi) is 6.35. The fourth-order valence-corrected chi connectivity index (χ4v) is 4.22. The molecule has 4 rings (SSSR count). The van der Waals surface area contributed by atoms with Gasteiger partial charge >= 0.3 is 0 Å². The lowest BCUT2D eigenvalue weighted by Gasteiger charge is -2.32. The number of aryl methyl sites for hydroxylation is 2. The molecule has 1 fully saturated rings. The van der Waals surface area contributed by atoms with E-state index in [-0.39, 0.29) is 11.8 Å². The molecular formula is C25H29N3O3. The minimum Gasteiger partial charge on any atom is -0.494 e. The van der Waals surface area contributed by atoms with Crippen molar-refractivity contribution in [3.63, 3.8) is 0 Å². The first-order valence-corrected chi connectivity index (χ1v) is 10.9. The van der Waals surface area contributed by atoms with Gasteiger partial charge in [-0.15, -0.1) is 0 Å². The van der Waals surface area contributed by atoms with Crippen LogP contribution in [0.4, 0.5) is 0 Å². The monoisotopic (exact) mass is 419 g/mol. The number of amides is 1. The molecule has 0 unspecified atom stereocenters. The number of likely N-dealkylation sites (tertiary alicyclic amines) is 1. The Morgan fingerprint density at radius 1 is 1.23 bits per heavy atom. The third-order valence-electron chi connectivity index (χ3n) is 5.74. The Morgan fingerprint density at radius 3 is 2.77 bits per heavy atom. The zero-order valence-electron chi connectivity index (χ0n) is 18.4. The molecule has 2 aromatic heterocycles. The molecule has 0 N–H and O–H groups in total. The first-order chi connectivity index (χ1) is 15.0. The summed E-state index contributed by atoms with van der Waals surface area (Å²) in [6.45, 7) is 7.61. The molecule has 1 amide bonds. The fraction of sp³-hybridized carbons (Fsp3) is 0.400. The number of rotatable bonds is 6. The molecule has 3 aromatic rings. The summed E-state index contributed by atoms with van der Waals surface area (Å²) in [4.78, 5) is 23.8. The number of nitrogens with zero attached hydrogens (tertiary/aromatic N) is 3. The molecule has 0 aliphatic carbocycles. The van der Waals surface area contributed by atoms with Gasteiger partial charge in [-0.05, 0) is 49.9 Å². The molecule has 6 nitrogen and oxygen atoms in total. The van der Waals surface area contributed by atoms with E-state index in [1.165, 1.54) is 0 Å². The summed E-state index contributed by atoms with van der Waals surface area (Å²) < 4.78 is 11.3. The lowest BCUT2D eigenvalue weighted by Crippen LogP contribution is -2.39. The van der Waals surface area contributed by atoms with Gasteiger partial charge in [0.05, 0.1) is 12.3 Å². The van der Waals surface area contributed by atoms with Crippen molar-refractivity contribution in [2.45, 2.75) is 46.0 Å². The normalized spacial score (nSPS) is 16.4. The van der Waals surface area contributed by atoms with Crippen molar-refractivity contribution in [3.8, 4) is 5.75 Å². The molecule has 0 saturated carbocycles. The average Bonchev–Trinajstić information content (AvgIpc) is 3.13. The molecule has 1 aliphatic heterocycles. The van der Waals surface area contributed by atoms with Crippen LogP contribution in [0.1, 0.15) is 64.6 Å². The van der Waals surface area contributed by atoms with Crippen molar-refractivity contribution >= 4 is 5.91 Å². The largest absolute Gasteiger partial charge is 0.494 e. The van der Waals surface area contributed by atoms with Gasteiger partial charge < -0.3 is 14.1 Å². The lowest BCUT2D eigenvalue weighted by molar-refractivity contribution is 0.0671. The van der Waals surface area contributed by atoms with E-state index >= 15 is 0 Å². The molecule has 1 aromatic carbocycles. The van der Waals surface area contributed by atoms with Gasteiger partial charge in [-0.2, -0.15) is 0 Å². The molecule has 6 heteroatoms. The number of carbonyl (C=O) groups is 1. The number of ether oxygens (including phenoxy) is 1. The standard InChI is InChI=1S/C25H29N3O3/c1-4-30-23-10-6-5-8-20(23)14-19-11-12-22(26-15-19)21-9-7-13-28(16-21)25(29)24-17(2)27-18(3)31-24/h5-6,8,10-12,15,21H,4,7,9,13-14,16H2,1-3H3/t21-/m0/s1. The smallest absolute Gasteiger partial charge is 0.291 e. The third-order valence-corrected chi connectivity index (χ3v) is 5.74. The van der Waals surface area contributed by atoms with Gasteiger partial charge in [0.1, 0.15) is 5.75 Å². The van der Waals surface area contributed by atoms with E-state index < -0.39 is 0 Å². The number of pyridine rings is 1. The average molecular weight is 420 g/mol. The quantitative estimate of drug-likeness (QED) is 0.579. The molecule has 1 aliphatic rings. The molecule has 3 heterocycles. The first kappa shape index (κ1) is 21.1. The second-order valence-electron chi connectivity index (χ2n) is 8.05.